The lowest BCUT2D eigenvalue weighted by Crippen LogP contribution is -2.42. The number of H-pyrrole nitrogens is 1. The summed E-state index contributed by atoms with van der Waals surface area (Å²) >= 11 is 1.46. The highest BCUT2D eigenvalue weighted by Gasteiger charge is 2.11. The maximum atomic E-state index is 12.0. The van der Waals surface area contributed by atoms with Gasteiger partial charge in [0.15, 0.2) is 0 Å². The van der Waals surface area contributed by atoms with Crippen LogP contribution in [-0.2, 0) is 11.2 Å². The molecular weight excluding hydrogens is 352 g/mol. The molecule has 3 N–H and O–H groups in total. The van der Waals surface area contributed by atoms with Crippen LogP contribution in [0.1, 0.15) is 23.1 Å². The maximum Gasteiger partial charge on any atom is 0.286 e. The molecule has 0 saturated heterocycles. The Labute approximate surface area is 154 Å². The highest BCUT2D eigenvalue weighted by atomic mass is 32.1. The van der Waals surface area contributed by atoms with Crippen molar-refractivity contribution in [3.8, 4) is 16.3 Å². The number of carbonyl (C=O) groups excluding carboxylic acids is 2. The SMILES string of the molecule is CCOc1ccc(-c2nc(CC(=O)NNC(=O)c3ccc[nH]3)cs2)cc1. The lowest BCUT2D eigenvalue weighted by molar-refractivity contribution is -0.121. The predicted octanol–water partition coefficient (Wildman–Crippen LogP) is 2.54. The fraction of sp³-hybridized carbons (Fsp3) is 0.167. The van der Waals surface area contributed by atoms with Crippen molar-refractivity contribution in [3.05, 3.63) is 59.4 Å². The van der Waals surface area contributed by atoms with E-state index in [9.17, 15) is 9.59 Å². The zero-order valence-electron chi connectivity index (χ0n) is 14.1. The summed E-state index contributed by atoms with van der Waals surface area (Å²) in [6, 6.07) is 11.0. The summed E-state index contributed by atoms with van der Waals surface area (Å²) in [6.07, 6.45) is 1.72. The van der Waals surface area contributed by atoms with E-state index in [0.717, 1.165) is 16.3 Å². The Morgan fingerprint density at radius 3 is 2.69 bits per heavy atom. The van der Waals surface area contributed by atoms with Gasteiger partial charge < -0.3 is 9.72 Å². The summed E-state index contributed by atoms with van der Waals surface area (Å²) in [5.41, 5.74) is 6.71. The second-order valence-corrected chi connectivity index (χ2v) is 6.22. The third-order valence-corrected chi connectivity index (χ3v) is 4.40. The third-order valence-electron chi connectivity index (χ3n) is 3.46. The number of benzene rings is 1. The van der Waals surface area contributed by atoms with Crippen LogP contribution in [0.25, 0.3) is 10.6 Å². The normalized spacial score (nSPS) is 10.3. The van der Waals surface area contributed by atoms with Gasteiger partial charge in [0, 0.05) is 17.1 Å². The first-order valence-corrected chi connectivity index (χ1v) is 8.94. The van der Waals surface area contributed by atoms with Crippen LogP contribution < -0.4 is 15.6 Å². The molecule has 0 atom stereocenters. The molecule has 0 fully saturated rings. The van der Waals surface area contributed by atoms with Gasteiger partial charge in [-0.25, -0.2) is 4.98 Å². The van der Waals surface area contributed by atoms with Crippen molar-refractivity contribution in [1.82, 2.24) is 20.8 Å². The van der Waals surface area contributed by atoms with Gasteiger partial charge in [-0.1, -0.05) is 0 Å². The van der Waals surface area contributed by atoms with Crippen LogP contribution in [0.5, 0.6) is 5.75 Å². The highest BCUT2D eigenvalue weighted by Crippen LogP contribution is 2.25. The Morgan fingerprint density at radius 1 is 1.19 bits per heavy atom. The van der Waals surface area contributed by atoms with Crippen molar-refractivity contribution in [1.29, 1.82) is 0 Å². The molecule has 3 rings (SSSR count). The quantitative estimate of drug-likeness (QED) is 0.581. The fourth-order valence-corrected chi connectivity index (χ4v) is 3.08. The molecule has 0 aliphatic carbocycles. The molecule has 7 nitrogen and oxygen atoms in total. The molecule has 2 heterocycles. The molecule has 26 heavy (non-hydrogen) atoms. The minimum absolute atomic E-state index is 0.0819. The minimum Gasteiger partial charge on any atom is -0.494 e. The van der Waals surface area contributed by atoms with E-state index in [1.54, 1.807) is 18.3 Å². The Balaban J connectivity index is 1.54. The number of ether oxygens (including phenoxy) is 1. The van der Waals surface area contributed by atoms with E-state index in [4.69, 9.17) is 4.74 Å². The minimum atomic E-state index is -0.406. The number of hydrogen-bond acceptors (Lipinski definition) is 5. The van der Waals surface area contributed by atoms with Crippen molar-refractivity contribution in [3.63, 3.8) is 0 Å². The predicted molar refractivity (Wildman–Crippen MR) is 98.8 cm³/mol. The summed E-state index contributed by atoms with van der Waals surface area (Å²) in [5.74, 6) is 0.0652. The van der Waals surface area contributed by atoms with E-state index in [2.05, 4.69) is 20.8 Å². The van der Waals surface area contributed by atoms with Gasteiger partial charge in [-0.3, -0.25) is 20.4 Å². The molecule has 134 valence electrons. The van der Waals surface area contributed by atoms with Crippen molar-refractivity contribution < 1.29 is 14.3 Å². The van der Waals surface area contributed by atoms with Crippen LogP contribution in [-0.4, -0.2) is 28.4 Å². The lowest BCUT2D eigenvalue weighted by Gasteiger charge is -2.05. The van der Waals surface area contributed by atoms with Gasteiger partial charge in [-0.05, 0) is 43.3 Å². The number of carbonyl (C=O) groups is 2. The molecule has 0 bridgehead atoms. The number of nitrogens with one attached hydrogen (secondary N) is 3. The molecule has 0 aliphatic rings. The van der Waals surface area contributed by atoms with Crippen molar-refractivity contribution in [2.45, 2.75) is 13.3 Å². The largest absolute Gasteiger partial charge is 0.494 e. The summed E-state index contributed by atoms with van der Waals surface area (Å²) in [4.78, 5) is 30.9. The average Bonchev–Trinajstić information content (AvgIpc) is 3.33. The number of thiazole rings is 1. The second kappa shape index (κ2) is 8.30. The Hall–Kier alpha value is -3.13. The molecule has 0 aliphatic heterocycles. The maximum absolute atomic E-state index is 12.0. The zero-order chi connectivity index (χ0) is 18.4. The monoisotopic (exact) mass is 370 g/mol. The Kier molecular flexibility index (Phi) is 5.65. The summed E-state index contributed by atoms with van der Waals surface area (Å²) in [5, 5.41) is 2.66. The van der Waals surface area contributed by atoms with Gasteiger partial charge in [0.05, 0.1) is 18.7 Å². The fourth-order valence-electron chi connectivity index (χ4n) is 2.26. The van der Waals surface area contributed by atoms with Crippen molar-refractivity contribution in [2.24, 2.45) is 0 Å². The smallest absolute Gasteiger partial charge is 0.286 e. The lowest BCUT2D eigenvalue weighted by atomic mass is 10.2. The van der Waals surface area contributed by atoms with Gasteiger partial charge in [-0.15, -0.1) is 11.3 Å². The average molecular weight is 370 g/mol. The van der Waals surface area contributed by atoms with E-state index in [1.165, 1.54) is 11.3 Å². The van der Waals surface area contributed by atoms with E-state index in [0.29, 0.717) is 18.0 Å². The summed E-state index contributed by atoms with van der Waals surface area (Å²) in [6.45, 7) is 2.56. The third kappa shape index (κ3) is 4.48. The molecule has 1 aromatic carbocycles. The van der Waals surface area contributed by atoms with Gasteiger partial charge in [0.2, 0.25) is 5.91 Å². The first kappa shape index (κ1) is 17.7. The van der Waals surface area contributed by atoms with Gasteiger partial charge >= 0.3 is 0 Å². The van der Waals surface area contributed by atoms with Crippen LogP contribution >= 0.6 is 11.3 Å². The highest BCUT2D eigenvalue weighted by molar-refractivity contribution is 7.13. The number of hydrogen-bond donors (Lipinski definition) is 3. The van der Waals surface area contributed by atoms with Gasteiger partial charge in [0.25, 0.3) is 5.91 Å². The summed E-state index contributed by atoms with van der Waals surface area (Å²) in [7, 11) is 0. The summed E-state index contributed by atoms with van der Waals surface area (Å²) < 4.78 is 5.42. The van der Waals surface area contributed by atoms with E-state index in [1.807, 2.05) is 36.6 Å². The van der Waals surface area contributed by atoms with E-state index >= 15 is 0 Å². The number of aromatic nitrogens is 2. The topological polar surface area (TPSA) is 96.1 Å². The molecule has 0 spiro atoms. The molecule has 0 unspecified atom stereocenters. The standard InChI is InChI=1S/C18H18N4O3S/c1-2-25-14-7-5-12(6-8-14)18-20-13(11-26-18)10-16(23)21-22-17(24)15-4-3-9-19-15/h3-9,11,19H,2,10H2,1H3,(H,21,23)(H,22,24). The first-order chi connectivity index (χ1) is 12.7. The number of hydrazine groups is 1. The molecule has 0 radical (unpaired) electrons. The van der Waals surface area contributed by atoms with Crippen LogP contribution in [0.15, 0.2) is 48.0 Å². The first-order valence-electron chi connectivity index (χ1n) is 8.06. The number of rotatable bonds is 6. The van der Waals surface area contributed by atoms with Crippen molar-refractivity contribution >= 4 is 23.2 Å². The number of amides is 2. The molecule has 8 heteroatoms. The van der Waals surface area contributed by atoms with Crippen LogP contribution in [0.2, 0.25) is 0 Å². The Morgan fingerprint density at radius 2 is 2.00 bits per heavy atom. The second-order valence-electron chi connectivity index (χ2n) is 5.36. The molecular formula is C18H18N4O3S. The molecule has 3 aromatic rings. The Bertz CT molecular complexity index is 872. The van der Waals surface area contributed by atoms with Crippen LogP contribution in [0.3, 0.4) is 0 Å². The molecule has 0 saturated carbocycles. The number of nitrogens with zero attached hydrogens (tertiary/aromatic N) is 1. The van der Waals surface area contributed by atoms with Gasteiger partial charge in [-0.2, -0.15) is 0 Å². The van der Waals surface area contributed by atoms with E-state index in [-0.39, 0.29) is 12.3 Å². The number of aromatic amines is 1. The van der Waals surface area contributed by atoms with Crippen LogP contribution in [0.4, 0.5) is 0 Å². The van der Waals surface area contributed by atoms with E-state index < -0.39 is 5.91 Å². The molecule has 2 amide bonds. The molecule has 2 aromatic heterocycles. The zero-order valence-corrected chi connectivity index (χ0v) is 14.9. The van der Waals surface area contributed by atoms with Crippen LogP contribution in [0, 0.1) is 0 Å². The van der Waals surface area contributed by atoms with Crippen molar-refractivity contribution in [2.75, 3.05) is 6.61 Å². The van der Waals surface area contributed by atoms with Gasteiger partial charge in [0.1, 0.15) is 16.5 Å².